The molecule has 0 aromatic heterocycles. The number of rotatable bonds is 5. The van der Waals surface area contributed by atoms with Gasteiger partial charge in [0.05, 0.1) is 11.4 Å². The summed E-state index contributed by atoms with van der Waals surface area (Å²) in [6.45, 7) is 12.7. The van der Waals surface area contributed by atoms with Crippen molar-refractivity contribution in [3.05, 3.63) is 101 Å². The summed E-state index contributed by atoms with van der Waals surface area (Å²) in [5, 5.41) is 5.80. The molecule has 0 saturated heterocycles. The van der Waals surface area contributed by atoms with Crippen LogP contribution in [0.4, 0.5) is 17.1 Å². The lowest BCUT2D eigenvalue weighted by molar-refractivity contribution is 1.19. The minimum atomic E-state index is 0.856. The summed E-state index contributed by atoms with van der Waals surface area (Å²) in [6.07, 6.45) is 0.856. The molecular formula is C31H33N3. The van der Waals surface area contributed by atoms with E-state index in [0.29, 0.717) is 0 Å². The topological polar surface area (TPSA) is 36.8 Å². The maximum atomic E-state index is 5.03. The number of aryl methyl sites for hydroxylation is 4. The predicted octanol–water partition coefficient (Wildman–Crippen LogP) is 8.57. The molecule has 0 radical (unpaired) electrons. The molecule has 4 rings (SSSR count). The van der Waals surface area contributed by atoms with Crippen molar-refractivity contribution in [3.8, 4) is 0 Å². The van der Waals surface area contributed by atoms with Gasteiger partial charge in [-0.1, -0.05) is 60.7 Å². The molecule has 0 bridgehead atoms. The van der Waals surface area contributed by atoms with E-state index >= 15 is 0 Å². The van der Waals surface area contributed by atoms with E-state index in [1.807, 2.05) is 6.92 Å². The van der Waals surface area contributed by atoms with Gasteiger partial charge in [0.25, 0.3) is 0 Å². The smallest absolute Gasteiger partial charge is 0.103 e. The first-order valence-corrected chi connectivity index (χ1v) is 11.8. The SMILES string of the molecule is CC(Cc1c(C)cccc1C)=Nc1ccc(NC(C)=Nc2c(C)cccc2C)c2ccccc12. The monoisotopic (exact) mass is 447 g/mol. The van der Waals surface area contributed by atoms with Gasteiger partial charge in [0.2, 0.25) is 0 Å². The fourth-order valence-electron chi connectivity index (χ4n) is 4.49. The number of nitrogens with zero attached hydrogens (tertiary/aromatic N) is 2. The molecule has 0 aliphatic rings. The van der Waals surface area contributed by atoms with Crippen LogP contribution in [0.5, 0.6) is 0 Å². The molecule has 0 unspecified atom stereocenters. The third kappa shape index (κ3) is 5.09. The van der Waals surface area contributed by atoms with Gasteiger partial charge in [0, 0.05) is 28.6 Å². The largest absolute Gasteiger partial charge is 0.343 e. The molecule has 0 atom stereocenters. The van der Waals surface area contributed by atoms with Crippen LogP contribution in [0.25, 0.3) is 10.8 Å². The number of para-hydroxylation sites is 1. The number of anilines is 1. The second-order valence-corrected chi connectivity index (χ2v) is 9.13. The normalized spacial score (nSPS) is 12.3. The highest BCUT2D eigenvalue weighted by atomic mass is 15.0. The minimum Gasteiger partial charge on any atom is -0.343 e. The first-order chi connectivity index (χ1) is 16.3. The Morgan fingerprint density at radius 1 is 0.647 bits per heavy atom. The number of nitrogens with one attached hydrogen (secondary N) is 1. The Balaban J connectivity index is 1.66. The zero-order valence-electron chi connectivity index (χ0n) is 21.0. The average Bonchev–Trinajstić information content (AvgIpc) is 2.80. The summed E-state index contributed by atoms with van der Waals surface area (Å²) in [6, 6.07) is 25.4. The maximum Gasteiger partial charge on any atom is 0.103 e. The highest BCUT2D eigenvalue weighted by molar-refractivity contribution is 6.08. The molecule has 0 heterocycles. The molecule has 3 heteroatoms. The Hall–Kier alpha value is -3.72. The first kappa shape index (κ1) is 23.4. The second kappa shape index (κ2) is 10.0. The third-order valence-electron chi connectivity index (χ3n) is 6.32. The Kier molecular flexibility index (Phi) is 6.93. The van der Waals surface area contributed by atoms with Crippen molar-refractivity contribution in [2.45, 2.75) is 48.0 Å². The van der Waals surface area contributed by atoms with Crippen LogP contribution in [-0.4, -0.2) is 11.5 Å². The Morgan fingerprint density at radius 2 is 1.24 bits per heavy atom. The lowest BCUT2D eigenvalue weighted by atomic mass is 9.98. The molecular weight excluding hydrogens is 414 g/mol. The predicted molar refractivity (Wildman–Crippen MR) is 149 cm³/mol. The zero-order chi connectivity index (χ0) is 24.2. The van der Waals surface area contributed by atoms with Crippen molar-refractivity contribution in [2.24, 2.45) is 9.98 Å². The van der Waals surface area contributed by atoms with E-state index < -0.39 is 0 Å². The van der Waals surface area contributed by atoms with Gasteiger partial charge in [-0.05, 0) is 81.5 Å². The fourth-order valence-corrected chi connectivity index (χ4v) is 4.49. The molecule has 1 N–H and O–H groups in total. The molecule has 3 nitrogen and oxygen atoms in total. The van der Waals surface area contributed by atoms with Crippen LogP contribution < -0.4 is 5.32 Å². The van der Waals surface area contributed by atoms with E-state index in [2.05, 4.69) is 113 Å². The van der Waals surface area contributed by atoms with Gasteiger partial charge in [-0.3, -0.25) is 4.99 Å². The summed E-state index contributed by atoms with van der Waals surface area (Å²) in [5.41, 5.74) is 10.5. The molecule has 0 fully saturated rings. The number of aliphatic imine (C=N–C) groups is 2. The summed E-state index contributed by atoms with van der Waals surface area (Å²) in [4.78, 5) is 9.91. The molecule has 4 aromatic carbocycles. The number of amidine groups is 1. The number of benzene rings is 4. The van der Waals surface area contributed by atoms with Crippen molar-refractivity contribution in [2.75, 3.05) is 5.32 Å². The van der Waals surface area contributed by atoms with Crippen molar-refractivity contribution in [3.63, 3.8) is 0 Å². The molecule has 172 valence electrons. The summed E-state index contributed by atoms with van der Waals surface area (Å²) in [7, 11) is 0. The van der Waals surface area contributed by atoms with Gasteiger partial charge in [-0.25, -0.2) is 4.99 Å². The van der Waals surface area contributed by atoms with Gasteiger partial charge < -0.3 is 5.32 Å². The van der Waals surface area contributed by atoms with Crippen LogP contribution in [0.1, 0.15) is 41.7 Å². The number of hydrogen-bond donors (Lipinski definition) is 1. The van der Waals surface area contributed by atoms with E-state index in [0.717, 1.165) is 45.8 Å². The average molecular weight is 448 g/mol. The molecule has 4 aromatic rings. The lowest BCUT2D eigenvalue weighted by Gasteiger charge is -2.13. The van der Waals surface area contributed by atoms with E-state index in [-0.39, 0.29) is 0 Å². The highest BCUT2D eigenvalue weighted by Gasteiger charge is 2.09. The quantitative estimate of drug-likeness (QED) is 0.241. The molecule has 34 heavy (non-hydrogen) atoms. The first-order valence-electron chi connectivity index (χ1n) is 11.8. The molecule has 0 amide bonds. The van der Waals surface area contributed by atoms with Gasteiger partial charge in [0.1, 0.15) is 5.84 Å². The van der Waals surface area contributed by atoms with Crippen LogP contribution in [0.15, 0.2) is 82.8 Å². The molecule has 0 aliphatic carbocycles. The second-order valence-electron chi connectivity index (χ2n) is 9.13. The van der Waals surface area contributed by atoms with Crippen LogP contribution in [0, 0.1) is 27.7 Å². The molecule has 0 spiro atoms. The summed E-state index contributed by atoms with van der Waals surface area (Å²) < 4.78 is 0. The molecule has 0 saturated carbocycles. The number of fused-ring (bicyclic) bond motifs is 1. The minimum absolute atomic E-state index is 0.856. The van der Waals surface area contributed by atoms with Gasteiger partial charge >= 0.3 is 0 Å². The third-order valence-corrected chi connectivity index (χ3v) is 6.32. The van der Waals surface area contributed by atoms with Gasteiger partial charge in [0.15, 0.2) is 0 Å². The van der Waals surface area contributed by atoms with Crippen molar-refractivity contribution >= 4 is 39.4 Å². The van der Waals surface area contributed by atoms with Crippen LogP contribution in [0.2, 0.25) is 0 Å². The van der Waals surface area contributed by atoms with Crippen molar-refractivity contribution < 1.29 is 0 Å². The van der Waals surface area contributed by atoms with Crippen molar-refractivity contribution in [1.82, 2.24) is 0 Å². The van der Waals surface area contributed by atoms with Gasteiger partial charge in [-0.2, -0.15) is 0 Å². The van der Waals surface area contributed by atoms with E-state index in [4.69, 9.17) is 9.98 Å². The van der Waals surface area contributed by atoms with Crippen molar-refractivity contribution in [1.29, 1.82) is 0 Å². The fraction of sp³-hybridized carbons (Fsp3) is 0.226. The van der Waals surface area contributed by atoms with Crippen LogP contribution in [-0.2, 0) is 6.42 Å². The summed E-state index contributed by atoms with van der Waals surface area (Å²) in [5.74, 6) is 0.866. The van der Waals surface area contributed by atoms with Crippen LogP contribution >= 0.6 is 0 Å². The van der Waals surface area contributed by atoms with E-state index in [1.165, 1.54) is 27.8 Å². The maximum absolute atomic E-state index is 5.03. The van der Waals surface area contributed by atoms with Gasteiger partial charge in [-0.15, -0.1) is 0 Å². The Bertz CT molecular complexity index is 1370. The standard InChI is InChI=1S/C31H33N3/c1-20-11-9-12-21(2)28(20)19-24(5)32-29-17-18-30(27-16-8-7-15-26(27)29)33-25(6)34-31-22(3)13-10-14-23(31)4/h7-18H,19H2,1-6H3,(H,33,34). The lowest BCUT2D eigenvalue weighted by Crippen LogP contribution is -2.07. The number of hydrogen-bond acceptors (Lipinski definition) is 2. The van der Waals surface area contributed by atoms with E-state index in [1.54, 1.807) is 0 Å². The summed E-state index contributed by atoms with van der Waals surface area (Å²) >= 11 is 0. The zero-order valence-corrected chi connectivity index (χ0v) is 21.0. The molecule has 0 aliphatic heterocycles. The highest BCUT2D eigenvalue weighted by Crippen LogP contribution is 2.33. The van der Waals surface area contributed by atoms with Crippen LogP contribution in [0.3, 0.4) is 0 Å². The Labute approximate surface area is 203 Å². The van der Waals surface area contributed by atoms with E-state index in [9.17, 15) is 0 Å². The Morgan fingerprint density at radius 3 is 1.88 bits per heavy atom.